The van der Waals surface area contributed by atoms with Crippen molar-refractivity contribution in [2.24, 2.45) is 0 Å². The molecular formula is C22H16N4O3. The molecule has 3 aromatic carbocycles. The number of hydrogen-bond donors (Lipinski definition) is 1. The molecule has 1 aromatic heterocycles. The number of aromatic nitrogens is 1. The highest BCUT2D eigenvalue weighted by Gasteiger charge is 2.19. The number of nitrogens with one attached hydrogen (secondary N) is 1. The van der Waals surface area contributed by atoms with Crippen molar-refractivity contribution in [1.29, 1.82) is 5.26 Å². The minimum absolute atomic E-state index is 0.00625. The highest BCUT2D eigenvalue weighted by Crippen LogP contribution is 2.35. The summed E-state index contributed by atoms with van der Waals surface area (Å²) in [7, 11) is 1.61. The standard InChI is InChI=1S/C22H16N4O3/c1-29-18-12-10-16(11-13-18)25-21-5-3-2-4-19(21)20(14-23)22(25)24-15-6-8-17(9-7-15)26(27)28/h2-13,24H,1H3. The number of rotatable bonds is 5. The maximum Gasteiger partial charge on any atom is 0.269 e. The largest absolute Gasteiger partial charge is 0.497 e. The van der Waals surface area contributed by atoms with Gasteiger partial charge in [-0.05, 0) is 42.5 Å². The number of fused-ring (bicyclic) bond motifs is 1. The van der Waals surface area contributed by atoms with Crippen LogP contribution >= 0.6 is 0 Å². The van der Waals surface area contributed by atoms with Crippen LogP contribution in [0.1, 0.15) is 5.56 Å². The average Bonchev–Trinajstić information content (AvgIpc) is 3.07. The number of benzene rings is 3. The SMILES string of the molecule is COc1ccc(-n2c(Nc3ccc([N+](=O)[O-])cc3)c(C#N)c3ccccc32)cc1. The Hall–Kier alpha value is -4.31. The van der Waals surface area contributed by atoms with E-state index in [-0.39, 0.29) is 5.69 Å². The van der Waals surface area contributed by atoms with Crippen molar-refractivity contribution in [1.82, 2.24) is 4.57 Å². The van der Waals surface area contributed by atoms with E-state index in [1.807, 2.05) is 53.1 Å². The van der Waals surface area contributed by atoms with Crippen LogP contribution in [0.3, 0.4) is 0 Å². The number of hydrogen-bond acceptors (Lipinski definition) is 5. The molecule has 1 N–H and O–H groups in total. The lowest BCUT2D eigenvalue weighted by molar-refractivity contribution is -0.384. The Kier molecular flexibility index (Phi) is 4.59. The Morgan fingerprint density at radius 1 is 1.03 bits per heavy atom. The zero-order valence-corrected chi connectivity index (χ0v) is 15.5. The predicted octanol–water partition coefficient (Wildman–Crippen LogP) is 5.16. The van der Waals surface area contributed by atoms with Gasteiger partial charge < -0.3 is 10.1 Å². The van der Waals surface area contributed by atoms with Gasteiger partial charge in [-0.15, -0.1) is 0 Å². The number of nitriles is 1. The summed E-state index contributed by atoms with van der Waals surface area (Å²) in [5.74, 6) is 1.32. The zero-order chi connectivity index (χ0) is 20.4. The van der Waals surface area contributed by atoms with E-state index in [2.05, 4.69) is 11.4 Å². The zero-order valence-electron chi connectivity index (χ0n) is 15.5. The van der Waals surface area contributed by atoms with Crippen molar-refractivity contribution in [3.8, 4) is 17.5 Å². The van der Waals surface area contributed by atoms with Gasteiger partial charge in [0.05, 0.1) is 17.5 Å². The van der Waals surface area contributed by atoms with Gasteiger partial charge in [0.1, 0.15) is 23.2 Å². The molecule has 0 aliphatic heterocycles. The second-order valence-electron chi connectivity index (χ2n) is 6.31. The van der Waals surface area contributed by atoms with Crippen LogP contribution in [0.25, 0.3) is 16.6 Å². The van der Waals surface area contributed by atoms with Gasteiger partial charge in [-0.1, -0.05) is 18.2 Å². The van der Waals surface area contributed by atoms with E-state index in [9.17, 15) is 15.4 Å². The van der Waals surface area contributed by atoms with Crippen LogP contribution in [0, 0.1) is 21.4 Å². The van der Waals surface area contributed by atoms with Crippen LogP contribution in [-0.4, -0.2) is 16.6 Å². The molecule has 0 saturated carbocycles. The molecule has 0 fully saturated rings. The first-order chi connectivity index (χ1) is 14.1. The Balaban J connectivity index is 1.89. The van der Waals surface area contributed by atoms with Gasteiger partial charge in [0, 0.05) is 28.9 Å². The van der Waals surface area contributed by atoms with Crippen LogP contribution in [0.2, 0.25) is 0 Å². The first-order valence-corrected chi connectivity index (χ1v) is 8.82. The van der Waals surface area contributed by atoms with Gasteiger partial charge in [0.25, 0.3) is 5.69 Å². The Morgan fingerprint density at radius 2 is 1.72 bits per heavy atom. The second-order valence-corrected chi connectivity index (χ2v) is 6.31. The van der Waals surface area contributed by atoms with Gasteiger partial charge in [-0.3, -0.25) is 14.7 Å². The van der Waals surface area contributed by atoms with Crippen LogP contribution in [-0.2, 0) is 0 Å². The van der Waals surface area contributed by atoms with Crippen LogP contribution in [0.15, 0.2) is 72.8 Å². The number of nitro groups is 1. The van der Waals surface area contributed by atoms with Crippen molar-refractivity contribution in [3.63, 3.8) is 0 Å². The maximum atomic E-state index is 10.9. The van der Waals surface area contributed by atoms with E-state index in [1.165, 1.54) is 12.1 Å². The highest BCUT2D eigenvalue weighted by molar-refractivity contribution is 5.95. The lowest BCUT2D eigenvalue weighted by Crippen LogP contribution is -2.02. The van der Waals surface area contributed by atoms with Crippen molar-refractivity contribution in [2.75, 3.05) is 12.4 Å². The first-order valence-electron chi connectivity index (χ1n) is 8.82. The molecule has 1 heterocycles. The summed E-state index contributed by atoms with van der Waals surface area (Å²) in [5.41, 5.74) is 2.87. The van der Waals surface area contributed by atoms with Crippen LogP contribution in [0.4, 0.5) is 17.2 Å². The molecule has 4 rings (SSSR count). The van der Waals surface area contributed by atoms with Gasteiger partial charge in [-0.25, -0.2) is 0 Å². The predicted molar refractivity (Wildman–Crippen MR) is 111 cm³/mol. The third-order valence-corrected chi connectivity index (χ3v) is 4.66. The summed E-state index contributed by atoms with van der Waals surface area (Å²) >= 11 is 0. The van der Waals surface area contributed by atoms with Crippen molar-refractivity contribution in [3.05, 3.63) is 88.5 Å². The fraction of sp³-hybridized carbons (Fsp3) is 0.0455. The lowest BCUT2D eigenvalue weighted by atomic mass is 10.2. The quantitative estimate of drug-likeness (QED) is 0.379. The molecule has 0 aliphatic carbocycles. The summed E-state index contributed by atoms with van der Waals surface area (Å²) in [6.07, 6.45) is 0. The topological polar surface area (TPSA) is 93.1 Å². The smallest absolute Gasteiger partial charge is 0.269 e. The van der Waals surface area contributed by atoms with Gasteiger partial charge in [0.15, 0.2) is 0 Å². The molecule has 142 valence electrons. The first kappa shape index (κ1) is 18.1. The molecule has 29 heavy (non-hydrogen) atoms. The summed E-state index contributed by atoms with van der Waals surface area (Å²) in [5, 5.41) is 24.8. The Morgan fingerprint density at radius 3 is 2.34 bits per heavy atom. The molecule has 0 spiro atoms. The third-order valence-electron chi connectivity index (χ3n) is 4.66. The summed E-state index contributed by atoms with van der Waals surface area (Å²) < 4.78 is 7.20. The lowest BCUT2D eigenvalue weighted by Gasteiger charge is -2.13. The van der Waals surface area contributed by atoms with Gasteiger partial charge >= 0.3 is 0 Å². The molecule has 0 amide bonds. The minimum Gasteiger partial charge on any atom is -0.497 e. The van der Waals surface area contributed by atoms with E-state index >= 15 is 0 Å². The fourth-order valence-electron chi connectivity index (χ4n) is 3.27. The molecule has 0 radical (unpaired) electrons. The van der Waals surface area contributed by atoms with Crippen molar-refractivity contribution >= 4 is 28.1 Å². The summed E-state index contributed by atoms with van der Waals surface area (Å²) in [6.45, 7) is 0. The molecule has 0 unspecified atom stereocenters. The van der Waals surface area contributed by atoms with Crippen LogP contribution in [0.5, 0.6) is 5.75 Å². The normalized spacial score (nSPS) is 10.5. The van der Waals surface area contributed by atoms with E-state index in [0.717, 1.165) is 22.3 Å². The molecule has 7 nitrogen and oxygen atoms in total. The third kappa shape index (κ3) is 3.24. The van der Waals surface area contributed by atoms with Crippen molar-refractivity contribution in [2.45, 2.75) is 0 Å². The monoisotopic (exact) mass is 384 g/mol. The molecule has 0 aliphatic rings. The van der Waals surface area contributed by atoms with E-state index in [1.54, 1.807) is 19.2 Å². The molecular weight excluding hydrogens is 368 g/mol. The Labute approximate surface area is 166 Å². The van der Waals surface area contributed by atoms with Crippen molar-refractivity contribution < 1.29 is 9.66 Å². The van der Waals surface area contributed by atoms with Gasteiger partial charge in [0.2, 0.25) is 0 Å². The fourth-order valence-corrected chi connectivity index (χ4v) is 3.27. The highest BCUT2D eigenvalue weighted by atomic mass is 16.6. The number of non-ortho nitro benzene ring substituents is 1. The minimum atomic E-state index is -0.446. The number of para-hydroxylation sites is 1. The second kappa shape index (κ2) is 7.37. The molecule has 0 saturated heterocycles. The maximum absolute atomic E-state index is 10.9. The average molecular weight is 384 g/mol. The van der Waals surface area contributed by atoms with E-state index in [0.29, 0.717) is 17.1 Å². The molecule has 7 heteroatoms. The number of anilines is 2. The van der Waals surface area contributed by atoms with Gasteiger partial charge in [-0.2, -0.15) is 5.26 Å². The molecule has 0 bridgehead atoms. The summed E-state index contributed by atoms with van der Waals surface area (Å²) in [4.78, 5) is 10.5. The van der Waals surface area contributed by atoms with Crippen LogP contribution < -0.4 is 10.1 Å². The number of methoxy groups -OCH3 is 1. The number of nitrogens with zero attached hydrogens (tertiary/aromatic N) is 3. The summed E-state index contributed by atoms with van der Waals surface area (Å²) in [6, 6.07) is 23.5. The Bertz CT molecular complexity index is 1240. The number of ether oxygens (including phenoxy) is 1. The van der Waals surface area contributed by atoms with E-state index in [4.69, 9.17) is 4.74 Å². The molecule has 0 atom stereocenters. The number of nitro benzene ring substituents is 1. The molecule has 4 aromatic rings. The van der Waals surface area contributed by atoms with E-state index < -0.39 is 4.92 Å².